The largest absolute Gasteiger partial charge is 0.350 e. The van der Waals surface area contributed by atoms with E-state index in [2.05, 4.69) is 15.2 Å². The molecule has 5 aromatic rings. The number of halogens is 1. The highest BCUT2D eigenvalue weighted by molar-refractivity contribution is 5.92. The van der Waals surface area contributed by atoms with Crippen LogP contribution in [0.2, 0.25) is 0 Å². The van der Waals surface area contributed by atoms with Gasteiger partial charge in [0.2, 0.25) is 11.7 Å². The Labute approximate surface area is 186 Å². The fourth-order valence-electron chi connectivity index (χ4n) is 3.42. The van der Waals surface area contributed by atoms with Gasteiger partial charge in [-0.3, -0.25) is 4.79 Å². The van der Waals surface area contributed by atoms with Crippen LogP contribution in [0, 0.1) is 5.82 Å². The molecular weight excluding hydrogens is 427 g/mol. The van der Waals surface area contributed by atoms with Crippen LogP contribution in [0.5, 0.6) is 0 Å². The number of rotatable bonds is 5. The summed E-state index contributed by atoms with van der Waals surface area (Å²) in [6.07, 6.45) is 1.54. The van der Waals surface area contributed by atoms with Crippen molar-refractivity contribution in [2.75, 3.05) is 11.9 Å². The van der Waals surface area contributed by atoms with Crippen molar-refractivity contribution in [2.45, 2.75) is 6.54 Å². The average molecular weight is 444 g/mol. The third-order valence-electron chi connectivity index (χ3n) is 5.15. The molecule has 164 valence electrons. The molecule has 3 aromatic heterocycles. The van der Waals surface area contributed by atoms with E-state index in [4.69, 9.17) is 4.52 Å². The molecule has 0 saturated heterocycles. The first-order valence-corrected chi connectivity index (χ1v) is 10.0. The van der Waals surface area contributed by atoms with Gasteiger partial charge in [-0.2, -0.15) is 4.98 Å². The number of likely N-dealkylation sites (N-methyl/N-ethyl adjacent to an activating group) is 1. The van der Waals surface area contributed by atoms with Gasteiger partial charge in [0.25, 0.3) is 5.89 Å². The molecule has 0 aliphatic rings. The lowest BCUT2D eigenvalue weighted by molar-refractivity contribution is -0.119. The standard InChI is InChI=1S/C23H17FN6O3/c1-28(17-9-3-2-4-10-17)19(31)14-30-23(32)29-12-6-11-18(21(29)26-30)22-25-20(27-33-22)15-7-5-8-16(24)13-15/h2-13H,14H2,1H3. The Bertz CT molecular complexity index is 1520. The summed E-state index contributed by atoms with van der Waals surface area (Å²) in [5, 5.41) is 8.24. The number of anilines is 1. The highest BCUT2D eigenvalue weighted by atomic mass is 19.1. The summed E-state index contributed by atoms with van der Waals surface area (Å²) in [7, 11) is 1.64. The molecule has 10 heteroatoms. The van der Waals surface area contributed by atoms with Crippen molar-refractivity contribution in [1.82, 2.24) is 24.3 Å². The molecule has 0 unspecified atom stereocenters. The van der Waals surface area contributed by atoms with Crippen molar-refractivity contribution in [3.05, 3.63) is 89.2 Å². The summed E-state index contributed by atoms with van der Waals surface area (Å²) in [4.78, 5) is 31.4. The van der Waals surface area contributed by atoms with Gasteiger partial charge in [0.1, 0.15) is 12.4 Å². The first kappa shape index (κ1) is 20.3. The number of nitrogens with zero attached hydrogens (tertiary/aromatic N) is 6. The van der Waals surface area contributed by atoms with Gasteiger partial charge in [-0.25, -0.2) is 18.3 Å². The molecule has 0 bridgehead atoms. The van der Waals surface area contributed by atoms with Gasteiger partial charge in [0.05, 0.1) is 5.56 Å². The zero-order chi connectivity index (χ0) is 22.9. The van der Waals surface area contributed by atoms with Gasteiger partial charge in [-0.15, -0.1) is 5.10 Å². The SMILES string of the molecule is CN(C(=O)Cn1nc2c(-c3nc(-c4cccc(F)c4)no3)cccn2c1=O)c1ccccc1. The maximum atomic E-state index is 13.5. The van der Waals surface area contributed by atoms with Crippen LogP contribution < -0.4 is 10.6 Å². The Hall–Kier alpha value is -4.60. The molecule has 0 atom stereocenters. The monoisotopic (exact) mass is 444 g/mol. The minimum Gasteiger partial charge on any atom is -0.333 e. The number of hydrogen-bond donors (Lipinski definition) is 0. The number of carbonyl (C=O) groups is 1. The third-order valence-corrected chi connectivity index (χ3v) is 5.15. The number of fused-ring (bicyclic) bond motifs is 1. The molecule has 0 aliphatic heterocycles. The maximum Gasteiger partial charge on any atom is 0.350 e. The first-order chi connectivity index (χ1) is 16.0. The van der Waals surface area contributed by atoms with Gasteiger partial charge in [-0.1, -0.05) is 35.5 Å². The Kier molecular flexibility index (Phi) is 5.02. The zero-order valence-corrected chi connectivity index (χ0v) is 17.4. The minimum absolute atomic E-state index is 0.116. The molecule has 2 aromatic carbocycles. The molecule has 33 heavy (non-hydrogen) atoms. The summed E-state index contributed by atoms with van der Waals surface area (Å²) in [5.41, 5.74) is 1.34. The van der Waals surface area contributed by atoms with E-state index in [1.807, 2.05) is 18.2 Å². The van der Waals surface area contributed by atoms with Crippen molar-refractivity contribution in [1.29, 1.82) is 0 Å². The van der Waals surface area contributed by atoms with Crippen LogP contribution >= 0.6 is 0 Å². The summed E-state index contributed by atoms with van der Waals surface area (Å²) >= 11 is 0. The molecule has 5 rings (SSSR count). The molecule has 0 N–H and O–H groups in total. The molecule has 9 nitrogen and oxygen atoms in total. The molecule has 0 radical (unpaired) electrons. The van der Waals surface area contributed by atoms with Gasteiger partial charge < -0.3 is 9.42 Å². The van der Waals surface area contributed by atoms with Crippen LogP contribution in [0.1, 0.15) is 0 Å². The Morgan fingerprint density at radius 1 is 1.09 bits per heavy atom. The van der Waals surface area contributed by atoms with Crippen LogP contribution in [0.3, 0.4) is 0 Å². The van der Waals surface area contributed by atoms with E-state index in [1.54, 1.807) is 49.6 Å². The normalized spacial score (nSPS) is 11.1. The van der Waals surface area contributed by atoms with Crippen LogP contribution in [0.4, 0.5) is 10.1 Å². The van der Waals surface area contributed by atoms with E-state index in [0.29, 0.717) is 16.8 Å². The number of hydrogen-bond acceptors (Lipinski definition) is 6. The highest BCUT2D eigenvalue weighted by Crippen LogP contribution is 2.25. The molecule has 0 saturated carbocycles. The van der Waals surface area contributed by atoms with E-state index in [1.165, 1.54) is 21.4 Å². The number of aromatic nitrogens is 5. The van der Waals surface area contributed by atoms with Crippen molar-refractivity contribution in [3.8, 4) is 22.8 Å². The van der Waals surface area contributed by atoms with Crippen LogP contribution in [-0.4, -0.2) is 37.3 Å². The highest BCUT2D eigenvalue weighted by Gasteiger charge is 2.20. The van der Waals surface area contributed by atoms with E-state index >= 15 is 0 Å². The summed E-state index contributed by atoms with van der Waals surface area (Å²) in [6.45, 7) is -0.246. The van der Waals surface area contributed by atoms with Gasteiger partial charge in [0.15, 0.2) is 5.65 Å². The second-order valence-corrected chi connectivity index (χ2v) is 7.28. The zero-order valence-electron chi connectivity index (χ0n) is 17.4. The van der Waals surface area contributed by atoms with Gasteiger partial charge in [-0.05, 0) is 36.4 Å². The van der Waals surface area contributed by atoms with Crippen molar-refractivity contribution < 1.29 is 13.7 Å². The molecule has 1 amide bonds. The molecule has 0 aliphatic carbocycles. The first-order valence-electron chi connectivity index (χ1n) is 10.0. The lowest BCUT2D eigenvalue weighted by atomic mass is 10.2. The average Bonchev–Trinajstić information content (AvgIpc) is 3.45. The van der Waals surface area contributed by atoms with Crippen LogP contribution in [0.15, 0.2) is 82.2 Å². The topological polar surface area (TPSA) is 98.5 Å². The van der Waals surface area contributed by atoms with Gasteiger partial charge >= 0.3 is 5.69 Å². The molecular formula is C23H17FN6O3. The lowest BCUT2D eigenvalue weighted by Crippen LogP contribution is -2.34. The van der Waals surface area contributed by atoms with Crippen LogP contribution in [0.25, 0.3) is 28.5 Å². The lowest BCUT2D eigenvalue weighted by Gasteiger charge is -2.16. The number of pyridine rings is 1. The fraction of sp³-hybridized carbons (Fsp3) is 0.0870. The maximum absolute atomic E-state index is 13.5. The fourth-order valence-corrected chi connectivity index (χ4v) is 3.42. The van der Waals surface area contributed by atoms with Crippen LogP contribution in [-0.2, 0) is 11.3 Å². The summed E-state index contributed by atoms with van der Waals surface area (Å²) in [5.74, 6) is -0.409. The van der Waals surface area contributed by atoms with Crippen molar-refractivity contribution >= 4 is 17.2 Å². The van der Waals surface area contributed by atoms with Crippen molar-refractivity contribution in [3.63, 3.8) is 0 Å². The summed E-state index contributed by atoms with van der Waals surface area (Å²) < 4.78 is 21.3. The Morgan fingerprint density at radius 3 is 2.70 bits per heavy atom. The molecule has 0 fully saturated rings. The predicted molar refractivity (Wildman–Crippen MR) is 118 cm³/mol. The Balaban J connectivity index is 1.48. The third kappa shape index (κ3) is 3.78. The molecule has 3 heterocycles. The second-order valence-electron chi connectivity index (χ2n) is 7.28. The van der Waals surface area contributed by atoms with Crippen molar-refractivity contribution in [2.24, 2.45) is 0 Å². The van der Waals surface area contributed by atoms with Gasteiger partial charge in [0, 0.05) is 24.5 Å². The molecule has 0 spiro atoms. The number of carbonyl (C=O) groups excluding carboxylic acids is 1. The van der Waals surface area contributed by atoms with E-state index < -0.39 is 11.5 Å². The predicted octanol–water partition coefficient (Wildman–Crippen LogP) is 3.02. The quantitative estimate of drug-likeness (QED) is 0.413. The Morgan fingerprint density at radius 2 is 1.91 bits per heavy atom. The van der Waals surface area contributed by atoms with E-state index in [-0.39, 0.29) is 29.8 Å². The smallest absolute Gasteiger partial charge is 0.333 e. The second kappa shape index (κ2) is 8.15. The summed E-state index contributed by atoms with van der Waals surface area (Å²) in [6, 6.07) is 18.2. The van der Waals surface area contributed by atoms with E-state index in [9.17, 15) is 14.0 Å². The van der Waals surface area contributed by atoms with E-state index in [0.717, 1.165) is 4.68 Å². The minimum atomic E-state index is -0.480. The number of amides is 1. The number of para-hydroxylation sites is 1. The number of benzene rings is 2.